The number of nitro benzene ring substituents is 1. The Kier molecular flexibility index (Phi) is 3.60. The normalized spacial score (nSPS) is 25.2. The van der Waals surface area contributed by atoms with Gasteiger partial charge in [0, 0.05) is 18.0 Å². The number of hydrogen-bond acceptors (Lipinski definition) is 4. The minimum Gasteiger partial charge on any atom is -0.478 e. The number of carboxylic acids is 1. The van der Waals surface area contributed by atoms with Crippen molar-refractivity contribution in [3.63, 3.8) is 0 Å². The zero-order valence-corrected chi connectivity index (χ0v) is 12.3. The molecular weight excluding hydrogens is 284 g/mol. The molecule has 0 fully saturated rings. The lowest BCUT2D eigenvalue weighted by Crippen LogP contribution is -2.37. The Morgan fingerprint density at radius 2 is 2.27 bits per heavy atom. The summed E-state index contributed by atoms with van der Waals surface area (Å²) in [5.74, 6) is -0.878. The van der Waals surface area contributed by atoms with Crippen molar-refractivity contribution in [2.75, 3.05) is 5.32 Å². The molecule has 1 aromatic rings. The van der Waals surface area contributed by atoms with Crippen LogP contribution in [0.1, 0.15) is 48.0 Å². The first-order valence-corrected chi connectivity index (χ1v) is 7.52. The van der Waals surface area contributed by atoms with Crippen molar-refractivity contribution in [3.05, 3.63) is 45.5 Å². The van der Waals surface area contributed by atoms with Gasteiger partial charge in [0.1, 0.15) is 0 Å². The summed E-state index contributed by atoms with van der Waals surface area (Å²) < 4.78 is 0. The molecule has 1 aliphatic carbocycles. The monoisotopic (exact) mass is 302 g/mol. The molecule has 6 nitrogen and oxygen atoms in total. The molecule has 0 radical (unpaired) electrons. The predicted octanol–water partition coefficient (Wildman–Crippen LogP) is 3.55. The van der Waals surface area contributed by atoms with Crippen LogP contribution in [0.4, 0.5) is 11.4 Å². The number of nitro groups is 1. The molecule has 22 heavy (non-hydrogen) atoms. The van der Waals surface area contributed by atoms with Gasteiger partial charge in [-0.25, -0.2) is 4.79 Å². The minimum atomic E-state index is -1.06. The van der Waals surface area contributed by atoms with Crippen LogP contribution in [0.5, 0.6) is 0 Å². The zero-order chi connectivity index (χ0) is 15.9. The van der Waals surface area contributed by atoms with Crippen molar-refractivity contribution in [2.24, 2.45) is 5.92 Å². The van der Waals surface area contributed by atoms with Crippen LogP contribution in [0.15, 0.2) is 24.3 Å². The summed E-state index contributed by atoms with van der Waals surface area (Å²) in [6, 6.07) is 2.79. The minimum absolute atomic E-state index is 0.00370. The molecule has 2 N–H and O–H groups in total. The van der Waals surface area contributed by atoms with Gasteiger partial charge in [-0.15, -0.1) is 0 Å². The third-order valence-electron chi connectivity index (χ3n) is 4.64. The van der Waals surface area contributed by atoms with Crippen LogP contribution in [-0.4, -0.2) is 22.0 Å². The maximum absolute atomic E-state index is 11.5. The summed E-state index contributed by atoms with van der Waals surface area (Å²) in [4.78, 5) is 22.4. The Bertz CT molecular complexity index is 668. The fourth-order valence-electron chi connectivity index (χ4n) is 3.73. The topological polar surface area (TPSA) is 92.5 Å². The molecule has 0 spiro atoms. The first-order chi connectivity index (χ1) is 10.5. The summed E-state index contributed by atoms with van der Waals surface area (Å²) in [5.41, 5.74) is 1.06. The molecular formula is C16H18N2O4. The van der Waals surface area contributed by atoms with E-state index >= 15 is 0 Å². The number of nitrogens with zero attached hydrogens (tertiary/aromatic N) is 1. The Morgan fingerprint density at radius 1 is 1.50 bits per heavy atom. The highest BCUT2D eigenvalue weighted by atomic mass is 16.6. The lowest BCUT2D eigenvalue weighted by atomic mass is 9.76. The molecule has 0 saturated heterocycles. The van der Waals surface area contributed by atoms with Crippen molar-refractivity contribution < 1.29 is 14.8 Å². The number of anilines is 1. The molecule has 0 bridgehead atoms. The van der Waals surface area contributed by atoms with E-state index in [9.17, 15) is 20.0 Å². The highest BCUT2D eigenvalue weighted by Gasteiger charge is 2.42. The van der Waals surface area contributed by atoms with Gasteiger partial charge >= 0.3 is 5.97 Å². The van der Waals surface area contributed by atoms with Crippen molar-refractivity contribution in [2.45, 2.75) is 38.1 Å². The summed E-state index contributed by atoms with van der Waals surface area (Å²) in [5, 5.41) is 24.0. The SMILES string of the molecule is CCC[C@H]1Nc2c(C(=O)O)ccc([N+](=O)[O-])c2[C@H]2C=CC[C@H]21. The van der Waals surface area contributed by atoms with Crippen LogP contribution in [0.3, 0.4) is 0 Å². The number of carboxylic acid groups (broad SMARTS) is 1. The first-order valence-electron chi connectivity index (χ1n) is 7.52. The molecule has 3 atom stereocenters. The van der Waals surface area contributed by atoms with Crippen molar-refractivity contribution in [1.29, 1.82) is 0 Å². The van der Waals surface area contributed by atoms with Gasteiger partial charge in [-0.3, -0.25) is 10.1 Å². The quantitative estimate of drug-likeness (QED) is 0.504. The maximum atomic E-state index is 11.5. The second-order valence-corrected chi connectivity index (χ2v) is 5.88. The van der Waals surface area contributed by atoms with E-state index in [0.29, 0.717) is 11.3 Å². The molecule has 116 valence electrons. The molecule has 0 amide bonds. The van der Waals surface area contributed by atoms with Crippen molar-refractivity contribution >= 4 is 17.3 Å². The Labute approximate surface area is 128 Å². The van der Waals surface area contributed by atoms with Gasteiger partial charge in [0.05, 0.1) is 21.7 Å². The Hall–Kier alpha value is -2.37. The van der Waals surface area contributed by atoms with Gasteiger partial charge in [-0.1, -0.05) is 25.5 Å². The second-order valence-electron chi connectivity index (χ2n) is 5.88. The lowest BCUT2D eigenvalue weighted by Gasteiger charge is -2.37. The summed E-state index contributed by atoms with van der Waals surface area (Å²) in [7, 11) is 0. The molecule has 0 unspecified atom stereocenters. The molecule has 1 heterocycles. The van der Waals surface area contributed by atoms with E-state index in [1.165, 1.54) is 12.1 Å². The lowest BCUT2D eigenvalue weighted by molar-refractivity contribution is -0.385. The van der Waals surface area contributed by atoms with Crippen LogP contribution < -0.4 is 5.32 Å². The van der Waals surface area contributed by atoms with Crippen LogP contribution in [-0.2, 0) is 0 Å². The van der Waals surface area contributed by atoms with E-state index in [-0.39, 0.29) is 29.1 Å². The van der Waals surface area contributed by atoms with E-state index in [1.807, 2.05) is 12.2 Å². The number of aromatic carboxylic acids is 1. The number of rotatable bonds is 4. The van der Waals surface area contributed by atoms with Gasteiger partial charge in [0.15, 0.2) is 0 Å². The average molecular weight is 302 g/mol. The van der Waals surface area contributed by atoms with E-state index < -0.39 is 10.9 Å². The average Bonchev–Trinajstić information content (AvgIpc) is 2.95. The number of carbonyl (C=O) groups is 1. The van der Waals surface area contributed by atoms with E-state index in [2.05, 4.69) is 12.2 Å². The van der Waals surface area contributed by atoms with Gasteiger partial charge in [0.2, 0.25) is 0 Å². The number of allylic oxidation sites excluding steroid dienone is 2. The second kappa shape index (κ2) is 5.44. The van der Waals surface area contributed by atoms with Crippen LogP contribution in [0.2, 0.25) is 0 Å². The fraction of sp³-hybridized carbons (Fsp3) is 0.438. The smallest absolute Gasteiger partial charge is 0.337 e. The number of hydrogen-bond donors (Lipinski definition) is 2. The van der Waals surface area contributed by atoms with Crippen LogP contribution >= 0.6 is 0 Å². The van der Waals surface area contributed by atoms with Gasteiger partial charge in [-0.05, 0) is 24.8 Å². The zero-order valence-electron chi connectivity index (χ0n) is 12.3. The molecule has 3 rings (SSSR count). The molecule has 1 aliphatic heterocycles. The number of benzene rings is 1. The third-order valence-corrected chi connectivity index (χ3v) is 4.64. The molecule has 0 saturated carbocycles. The van der Waals surface area contributed by atoms with E-state index in [1.54, 1.807) is 0 Å². The van der Waals surface area contributed by atoms with Gasteiger partial charge < -0.3 is 10.4 Å². The molecule has 6 heteroatoms. The van der Waals surface area contributed by atoms with Crippen molar-refractivity contribution in [3.8, 4) is 0 Å². The van der Waals surface area contributed by atoms with Crippen LogP contribution in [0.25, 0.3) is 0 Å². The van der Waals surface area contributed by atoms with Crippen molar-refractivity contribution in [1.82, 2.24) is 0 Å². The largest absolute Gasteiger partial charge is 0.478 e. The predicted molar refractivity (Wildman–Crippen MR) is 82.4 cm³/mol. The fourth-order valence-corrected chi connectivity index (χ4v) is 3.73. The Balaban J connectivity index is 2.20. The molecule has 2 aliphatic rings. The van der Waals surface area contributed by atoms with Gasteiger partial charge in [0.25, 0.3) is 5.69 Å². The third kappa shape index (κ3) is 2.15. The first kappa shape index (κ1) is 14.6. The van der Waals surface area contributed by atoms with Crippen LogP contribution in [0, 0.1) is 16.0 Å². The van der Waals surface area contributed by atoms with E-state index in [0.717, 1.165) is 19.3 Å². The highest BCUT2D eigenvalue weighted by molar-refractivity contribution is 5.97. The summed E-state index contributed by atoms with van der Waals surface area (Å²) in [6.07, 6.45) is 6.81. The number of fused-ring (bicyclic) bond motifs is 3. The highest BCUT2D eigenvalue weighted by Crippen LogP contribution is 2.50. The molecule has 0 aromatic heterocycles. The standard InChI is InChI=1S/C16H18N2O4/c1-2-4-12-9-5-3-6-10(9)14-13(18(21)22)8-7-11(16(19)20)15(14)17-12/h3,6-10,12,17H,2,4-5H2,1H3,(H,19,20)/t9-,10+,12-/m1/s1. The van der Waals surface area contributed by atoms with Gasteiger partial charge in [-0.2, -0.15) is 0 Å². The number of nitrogens with one attached hydrogen (secondary N) is 1. The Morgan fingerprint density at radius 3 is 2.91 bits per heavy atom. The molecule has 1 aromatic carbocycles. The summed E-state index contributed by atoms with van der Waals surface area (Å²) >= 11 is 0. The summed E-state index contributed by atoms with van der Waals surface area (Å²) in [6.45, 7) is 2.08. The maximum Gasteiger partial charge on any atom is 0.337 e. The van der Waals surface area contributed by atoms with E-state index in [4.69, 9.17) is 0 Å².